The number of alkyl halides is 1. The highest BCUT2D eigenvalue weighted by Gasteiger charge is 2.02. The molecule has 0 aliphatic carbocycles. The number of unbranched alkanes of at least 4 members (excludes halogenated alkanes) is 2. The standard InChI is InChI=1S/C5H10Br2O2S/c6-4-2-1-3-5-10(7,8)9/h1-5H2. The molecule has 0 unspecified atom stereocenters. The van der Waals surface area contributed by atoms with Gasteiger partial charge in [0.15, 0.2) is 0 Å². The molecule has 0 bridgehead atoms. The Morgan fingerprint density at radius 2 is 1.70 bits per heavy atom. The molecule has 0 amide bonds. The summed E-state index contributed by atoms with van der Waals surface area (Å²) >= 11 is 5.86. The Kier molecular flexibility index (Phi) is 6.05. The van der Waals surface area contributed by atoms with Gasteiger partial charge in [-0.05, 0) is 12.8 Å². The van der Waals surface area contributed by atoms with Crippen molar-refractivity contribution in [1.29, 1.82) is 0 Å². The zero-order valence-corrected chi connectivity index (χ0v) is 9.50. The monoisotopic (exact) mass is 292 g/mol. The lowest BCUT2D eigenvalue weighted by Gasteiger charge is -1.94. The van der Waals surface area contributed by atoms with Crippen molar-refractivity contribution in [2.24, 2.45) is 0 Å². The molecule has 0 spiro atoms. The van der Waals surface area contributed by atoms with Crippen LogP contribution >= 0.6 is 30.7 Å². The van der Waals surface area contributed by atoms with Gasteiger partial charge in [0, 0.05) is 5.33 Å². The van der Waals surface area contributed by atoms with Gasteiger partial charge in [0.1, 0.15) is 0 Å². The Morgan fingerprint density at radius 1 is 1.10 bits per heavy atom. The van der Waals surface area contributed by atoms with E-state index >= 15 is 0 Å². The van der Waals surface area contributed by atoms with E-state index in [-0.39, 0.29) is 5.75 Å². The van der Waals surface area contributed by atoms with Gasteiger partial charge in [-0.15, -0.1) is 0 Å². The van der Waals surface area contributed by atoms with Crippen LogP contribution in [0.15, 0.2) is 0 Å². The summed E-state index contributed by atoms with van der Waals surface area (Å²) in [5, 5.41) is 0.954. The normalized spacial score (nSPS) is 11.8. The molecule has 0 saturated carbocycles. The molecule has 0 atom stereocenters. The summed E-state index contributed by atoms with van der Waals surface area (Å²) < 4.78 is 21.0. The van der Waals surface area contributed by atoms with Crippen molar-refractivity contribution >= 4 is 39.0 Å². The van der Waals surface area contributed by atoms with Crippen LogP contribution < -0.4 is 0 Å². The quantitative estimate of drug-likeness (QED) is 0.443. The van der Waals surface area contributed by atoms with Crippen LogP contribution in [0.25, 0.3) is 0 Å². The molecule has 0 aromatic heterocycles. The highest BCUT2D eigenvalue weighted by Crippen LogP contribution is 2.06. The second kappa shape index (κ2) is 5.55. The molecular formula is C5H10Br2O2S. The molecule has 0 rings (SSSR count). The van der Waals surface area contributed by atoms with Crippen LogP contribution in [-0.4, -0.2) is 19.5 Å². The topological polar surface area (TPSA) is 34.1 Å². The molecule has 2 nitrogen and oxygen atoms in total. The van der Waals surface area contributed by atoms with E-state index in [1.165, 1.54) is 0 Å². The molecule has 0 aliphatic heterocycles. The SMILES string of the molecule is O=S(=O)(Br)CCCCCBr. The summed E-state index contributed by atoms with van der Waals surface area (Å²) in [5.74, 6) is 0.250. The van der Waals surface area contributed by atoms with Crippen molar-refractivity contribution in [3.8, 4) is 0 Å². The first-order valence-corrected chi connectivity index (χ1v) is 7.66. The van der Waals surface area contributed by atoms with Gasteiger partial charge in [-0.1, -0.05) is 22.4 Å². The number of rotatable bonds is 5. The predicted molar refractivity (Wildman–Crippen MR) is 50.4 cm³/mol. The lowest BCUT2D eigenvalue weighted by molar-refractivity contribution is 0.606. The Bertz CT molecular complexity index is 164. The van der Waals surface area contributed by atoms with Crippen LogP contribution in [0.4, 0.5) is 0 Å². The minimum absolute atomic E-state index is 0.250. The van der Waals surface area contributed by atoms with E-state index < -0.39 is 8.27 Å². The van der Waals surface area contributed by atoms with Gasteiger partial charge in [-0.25, -0.2) is 8.42 Å². The van der Waals surface area contributed by atoms with Crippen molar-refractivity contribution in [2.75, 3.05) is 11.1 Å². The fraction of sp³-hybridized carbons (Fsp3) is 1.00. The van der Waals surface area contributed by atoms with E-state index in [0.717, 1.165) is 24.6 Å². The summed E-state index contributed by atoms with van der Waals surface area (Å²) in [7, 11) is -2.91. The Balaban J connectivity index is 3.21. The molecule has 0 heterocycles. The van der Waals surface area contributed by atoms with Gasteiger partial charge in [0.05, 0.1) is 20.6 Å². The van der Waals surface area contributed by atoms with E-state index in [2.05, 4.69) is 30.7 Å². The van der Waals surface area contributed by atoms with Crippen LogP contribution in [0, 0.1) is 0 Å². The highest BCUT2D eigenvalue weighted by atomic mass is 79.9. The van der Waals surface area contributed by atoms with Gasteiger partial charge in [0.2, 0.25) is 8.27 Å². The fourth-order valence-corrected chi connectivity index (χ4v) is 2.18. The van der Waals surface area contributed by atoms with Gasteiger partial charge in [-0.3, -0.25) is 0 Å². The lowest BCUT2D eigenvalue weighted by atomic mass is 10.3. The van der Waals surface area contributed by atoms with Crippen molar-refractivity contribution in [1.82, 2.24) is 0 Å². The van der Waals surface area contributed by atoms with E-state index in [1.54, 1.807) is 0 Å². The Labute approximate surface area is 77.6 Å². The van der Waals surface area contributed by atoms with Gasteiger partial charge in [0.25, 0.3) is 0 Å². The fourth-order valence-electron chi connectivity index (χ4n) is 0.546. The summed E-state index contributed by atoms with van der Waals surface area (Å²) in [4.78, 5) is 0. The van der Waals surface area contributed by atoms with E-state index in [0.29, 0.717) is 0 Å². The molecule has 5 heteroatoms. The first kappa shape index (κ1) is 10.9. The molecule has 0 saturated heterocycles. The van der Waals surface area contributed by atoms with Crippen LogP contribution in [0.1, 0.15) is 19.3 Å². The molecule has 10 heavy (non-hydrogen) atoms. The first-order valence-electron chi connectivity index (χ1n) is 3.04. The van der Waals surface area contributed by atoms with Crippen molar-refractivity contribution < 1.29 is 8.42 Å². The second-order valence-electron chi connectivity index (χ2n) is 1.99. The third-order valence-electron chi connectivity index (χ3n) is 1.02. The third kappa shape index (κ3) is 8.91. The molecule has 62 valence electrons. The molecule has 0 radical (unpaired) electrons. The first-order chi connectivity index (χ1) is 4.56. The lowest BCUT2D eigenvalue weighted by Crippen LogP contribution is -1.95. The number of hydrogen-bond acceptors (Lipinski definition) is 2. The second-order valence-corrected chi connectivity index (χ2v) is 7.23. The van der Waals surface area contributed by atoms with Crippen LogP contribution in [0.5, 0.6) is 0 Å². The molecule has 0 aromatic rings. The van der Waals surface area contributed by atoms with Gasteiger partial charge in [-0.2, -0.15) is 0 Å². The van der Waals surface area contributed by atoms with Crippen molar-refractivity contribution in [3.63, 3.8) is 0 Å². The zero-order chi connectivity index (χ0) is 8.04. The van der Waals surface area contributed by atoms with Crippen LogP contribution in [0.3, 0.4) is 0 Å². The van der Waals surface area contributed by atoms with E-state index in [1.807, 2.05) is 0 Å². The average molecular weight is 294 g/mol. The summed E-state index contributed by atoms with van der Waals surface area (Å²) in [6.45, 7) is 0. The maximum atomic E-state index is 10.5. The minimum atomic E-state index is -2.91. The smallest absolute Gasteiger partial charge is 0.209 e. The Hall–Kier alpha value is 0.910. The zero-order valence-electron chi connectivity index (χ0n) is 5.52. The molecule has 0 aliphatic rings. The average Bonchev–Trinajstić information content (AvgIpc) is 1.78. The van der Waals surface area contributed by atoms with Crippen molar-refractivity contribution in [3.05, 3.63) is 0 Å². The van der Waals surface area contributed by atoms with Crippen molar-refractivity contribution in [2.45, 2.75) is 19.3 Å². The molecular weight excluding hydrogens is 284 g/mol. The number of hydrogen-bond donors (Lipinski definition) is 0. The van der Waals surface area contributed by atoms with E-state index in [9.17, 15) is 8.42 Å². The molecule has 0 N–H and O–H groups in total. The highest BCUT2D eigenvalue weighted by molar-refractivity contribution is 9.47. The molecule has 0 aromatic carbocycles. The molecule has 0 fully saturated rings. The van der Waals surface area contributed by atoms with Crippen LogP contribution in [-0.2, 0) is 8.27 Å². The maximum absolute atomic E-state index is 10.5. The minimum Gasteiger partial charge on any atom is -0.217 e. The van der Waals surface area contributed by atoms with Gasteiger partial charge >= 0.3 is 0 Å². The predicted octanol–water partition coefficient (Wildman–Crippen LogP) is 2.28. The van der Waals surface area contributed by atoms with Gasteiger partial charge < -0.3 is 0 Å². The summed E-state index contributed by atoms with van der Waals surface area (Å²) in [6, 6.07) is 0. The summed E-state index contributed by atoms with van der Waals surface area (Å²) in [5.41, 5.74) is 0. The van der Waals surface area contributed by atoms with E-state index in [4.69, 9.17) is 0 Å². The maximum Gasteiger partial charge on any atom is 0.209 e. The summed E-state index contributed by atoms with van der Waals surface area (Å²) in [6.07, 6.45) is 2.76. The third-order valence-corrected chi connectivity index (χ3v) is 3.33. The van der Waals surface area contributed by atoms with Crippen LogP contribution in [0.2, 0.25) is 0 Å². The largest absolute Gasteiger partial charge is 0.217 e. The Morgan fingerprint density at radius 3 is 2.10 bits per heavy atom. The number of halogens is 2.